The van der Waals surface area contributed by atoms with Crippen molar-refractivity contribution < 1.29 is 51.7 Å². The summed E-state index contributed by atoms with van der Waals surface area (Å²) in [6.07, 6.45) is 6.22. The third-order valence-corrected chi connectivity index (χ3v) is 1.99. The van der Waals surface area contributed by atoms with E-state index in [1.165, 1.54) is 0 Å². The third-order valence-electron chi connectivity index (χ3n) is 1.99. The van der Waals surface area contributed by atoms with E-state index in [1.54, 1.807) is 27.7 Å². The summed E-state index contributed by atoms with van der Waals surface area (Å²) >= 11 is 0. The second-order valence-electron chi connectivity index (χ2n) is 5.89. The molecule has 0 fully saturated rings. The number of carbonyl (C=O) groups is 2. The second kappa shape index (κ2) is 31.4. The topological polar surface area (TPSA) is 115 Å². The maximum absolute atomic E-state index is 9.87. The molecule has 0 aliphatic heterocycles. The SMILES string of the molecule is CC(C)O.CC(C)O.CCCCCC(=O)O.CCCCCC(=O)O.[Ti]. The zero-order chi connectivity index (χ0) is 20.0. The first-order valence-corrected chi connectivity index (χ1v) is 8.80. The molecule has 4 N–H and O–H groups in total. The van der Waals surface area contributed by atoms with Gasteiger partial charge in [0.25, 0.3) is 0 Å². The van der Waals surface area contributed by atoms with Crippen molar-refractivity contribution in [2.45, 2.75) is 105 Å². The van der Waals surface area contributed by atoms with Gasteiger partial charge in [-0.05, 0) is 40.5 Å². The Kier molecular flexibility index (Phi) is 44.7. The van der Waals surface area contributed by atoms with Crippen molar-refractivity contribution in [1.29, 1.82) is 0 Å². The van der Waals surface area contributed by atoms with Crippen molar-refractivity contribution >= 4 is 11.9 Å². The molecular formula is C18H40O6Ti. The minimum Gasteiger partial charge on any atom is -0.481 e. The summed E-state index contributed by atoms with van der Waals surface area (Å²) in [6.45, 7) is 11.0. The molecule has 0 aliphatic carbocycles. The van der Waals surface area contributed by atoms with Crippen molar-refractivity contribution in [2.75, 3.05) is 0 Å². The Morgan fingerprint density at radius 3 is 1.00 bits per heavy atom. The van der Waals surface area contributed by atoms with Crippen LogP contribution in [-0.4, -0.2) is 44.6 Å². The summed E-state index contributed by atoms with van der Waals surface area (Å²) in [5.74, 6) is -1.36. The van der Waals surface area contributed by atoms with Gasteiger partial charge in [-0.3, -0.25) is 9.59 Å². The molecule has 0 spiro atoms. The van der Waals surface area contributed by atoms with Gasteiger partial charge in [0.15, 0.2) is 0 Å². The van der Waals surface area contributed by atoms with Crippen LogP contribution < -0.4 is 0 Å². The molecule has 0 radical (unpaired) electrons. The van der Waals surface area contributed by atoms with E-state index in [-0.39, 0.29) is 33.9 Å². The van der Waals surface area contributed by atoms with Crippen LogP contribution in [0.25, 0.3) is 0 Å². The zero-order valence-corrected chi connectivity index (χ0v) is 18.5. The predicted molar refractivity (Wildman–Crippen MR) is 98.3 cm³/mol. The van der Waals surface area contributed by atoms with Crippen LogP contribution in [-0.2, 0) is 31.3 Å². The Bertz CT molecular complexity index is 226. The molecular weight excluding hydrogens is 360 g/mol. The Labute approximate surface area is 168 Å². The molecule has 6 nitrogen and oxygen atoms in total. The van der Waals surface area contributed by atoms with Gasteiger partial charge in [0.05, 0.1) is 0 Å². The number of aliphatic hydroxyl groups is 2. The molecule has 0 amide bonds. The van der Waals surface area contributed by atoms with E-state index in [0.717, 1.165) is 38.5 Å². The minimum atomic E-state index is -0.682. The van der Waals surface area contributed by atoms with E-state index in [1.807, 2.05) is 0 Å². The molecule has 0 saturated heterocycles. The summed E-state index contributed by atoms with van der Waals surface area (Å²) in [7, 11) is 0. The Morgan fingerprint density at radius 2 is 0.880 bits per heavy atom. The molecule has 0 rings (SSSR count). The molecule has 0 unspecified atom stereocenters. The molecule has 0 aromatic rings. The number of hydrogen-bond donors (Lipinski definition) is 4. The third kappa shape index (κ3) is 120. The number of rotatable bonds is 8. The number of hydrogen-bond acceptors (Lipinski definition) is 4. The molecule has 7 heteroatoms. The number of carboxylic acids is 2. The van der Waals surface area contributed by atoms with Crippen LogP contribution in [0.15, 0.2) is 0 Å². The van der Waals surface area contributed by atoms with Gasteiger partial charge < -0.3 is 20.4 Å². The van der Waals surface area contributed by atoms with E-state index >= 15 is 0 Å². The molecule has 0 bridgehead atoms. The first-order chi connectivity index (χ1) is 11.0. The smallest absolute Gasteiger partial charge is 0.303 e. The first-order valence-electron chi connectivity index (χ1n) is 8.80. The van der Waals surface area contributed by atoms with Crippen LogP contribution in [0, 0.1) is 0 Å². The maximum atomic E-state index is 9.87. The molecule has 152 valence electrons. The van der Waals surface area contributed by atoms with E-state index in [9.17, 15) is 9.59 Å². The summed E-state index contributed by atoms with van der Waals surface area (Å²) in [6, 6.07) is 0. The fourth-order valence-corrected chi connectivity index (χ4v) is 1.05. The summed E-state index contributed by atoms with van der Waals surface area (Å²) in [4.78, 5) is 19.7. The van der Waals surface area contributed by atoms with Gasteiger partial charge in [-0.1, -0.05) is 39.5 Å². The molecule has 0 aliphatic rings. The predicted octanol–water partition coefficient (Wildman–Crippen LogP) is 4.07. The Hall–Kier alpha value is -0.426. The molecule has 0 aromatic heterocycles. The zero-order valence-electron chi connectivity index (χ0n) is 16.9. The number of aliphatic carboxylic acids is 2. The maximum Gasteiger partial charge on any atom is 0.303 e. The number of unbranched alkanes of at least 4 members (excludes halogenated alkanes) is 4. The summed E-state index contributed by atoms with van der Waals surface area (Å²) < 4.78 is 0. The average molecular weight is 400 g/mol. The second-order valence-corrected chi connectivity index (χ2v) is 5.89. The van der Waals surface area contributed by atoms with Gasteiger partial charge in [0.2, 0.25) is 0 Å². The number of aliphatic hydroxyl groups excluding tert-OH is 2. The van der Waals surface area contributed by atoms with Crippen LogP contribution in [0.2, 0.25) is 0 Å². The van der Waals surface area contributed by atoms with Gasteiger partial charge in [-0.25, -0.2) is 0 Å². The van der Waals surface area contributed by atoms with Gasteiger partial charge in [-0.2, -0.15) is 0 Å². The van der Waals surface area contributed by atoms with E-state index < -0.39 is 11.9 Å². The van der Waals surface area contributed by atoms with Crippen LogP contribution in [0.4, 0.5) is 0 Å². The largest absolute Gasteiger partial charge is 0.481 e. The van der Waals surface area contributed by atoms with Crippen molar-refractivity contribution in [3.63, 3.8) is 0 Å². The molecule has 0 heterocycles. The van der Waals surface area contributed by atoms with Crippen molar-refractivity contribution in [3.05, 3.63) is 0 Å². The van der Waals surface area contributed by atoms with Crippen LogP contribution in [0.3, 0.4) is 0 Å². The quantitative estimate of drug-likeness (QED) is 0.361. The van der Waals surface area contributed by atoms with Crippen LogP contribution in [0.1, 0.15) is 92.9 Å². The molecule has 0 aromatic carbocycles. The minimum absolute atomic E-state index is 0. The van der Waals surface area contributed by atoms with Crippen LogP contribution in [0.5, 0.6) is 0 Å². The fraction of sp³-hybridized carbons (Fsp3) is 0.889. The Morgan fingerprint density at radius 1 is 0.680 bits per heavy atom. The molecule has 25 heavy (non-hydrogen) atoms. The van der Waals surface area contributed by atoms with Crippen molar-refractivity contribution in [2.24, 2.45) is 0 Å². The Balaban J connectivity index is -0.0000000739. The summed E-state index contributed by atoms with van der Waals surface area (Å²) in [5, 5.41) is 32.4. The van der Waals surface area contributed by atoms with Gasteiger partial charge in [0, 0.05) is 46.8 Å². The van der Waals surface area contributed by atoms with E-state index in [2.05, 4.69) is 13.8 Å². The monoisotopic (exact) mass is 400 g/mol. The molecule has 0 saturated carbocycles. The average Bonchev–Trinajstić information content (AvgIpc) is 2.38. The first kappa shape index (κ1) is 35.6. The fourth-order valence-electron chi connectivity index (χ4n) is 1.05. The van der Waals surface area contributed by atoms with Gasteiger partial charge >= 0.3 is 11.9 Å². The van der Waals surface area contributed by atoms with E-state index in [0.29, 0.717) is 12.8 Å². The molecule has 0 atom stereocenters. The van der Waals surface area contributed by atoms with Crippen molar-refractivity contribution in [3.8, 4) is 0 Å². The van der Waals surface area contributed by atoms with Gasteiger partial charge in [-0.15, -0.1) is 0 Å². The summed E-state index contributed by atoms with van der Waals surface area (Å²) in [5.41, 5.74) is 0. The normalized spacial score (nSPS) is 8.72. The standard InChI is InChI=1S/2C6H12O2.2C3H8O.Ti/c2*1-2-3-4-5-6(7)8;2*1-3(2)4;/h2*2-5H2,1H3,(H,7,8);2*3-4H,1-2H3;. The number of carboxylic acid groups (broad SMARTS) is 2. The van der Waals surface area contributed by atoms with Crippen LogP contribution >= 0.6 is 0 Å². The van der Waals surface area contributed by atoms with Gasteiger partial charge in [0.1, 0.15) is 0 Å². The van der Waals surface area contributed by atoms with Crippen molar-refractivity contribution in [1.82, 2.24) is 0 Å². The van der Waals surface area contributed by atoms with E-state index in [4.69, 9.17) is 20.4 Å².